The van der Waals surface area contributed by atoms with Crippen LogP contribution in [0.15, 0.2) is 6.20 Å². The van der Waals surface area contributed by atoms with E-state index in [2.05, 4.69) is 9.38 Å². The monoisotopic (exact) mass is 390 g/mol. The summed E-state index contributed by atoms with van der Waals surface area (Å²) in [6, 6.07) is -3.20. The summed E-state index contributed by atoms with van der Waals surface area (Å²) >= 11 is 0. The third-order valence-electron chi connectivity index (χ3n) is 4.34. The second kappa shape index (κ2) is 6.48. The lowest BCUT2D eigenvalue weighted by molar-refractivity contribution is -0.138. The Morgan fingerprint density at radius 3 is 2.77 bits per heavy atom. The number of aryl methyl sites for hydroxylation is 1. The van der Waals surface area contributed by atoms with Crippen LogP contribution in [0.3, 0.4) is 0 Å². The Morgan fingerprint density at radius 1 is 1.50 bits per heavy atom. The summed E-state index contributed by atoms with van der Waals surface area (Å²) in [7, 11) is -4.89. The molecule has 3 atom stereocenters. The van der Waals surface area contributed by atoms with Crippen molar-refractivity contribution < 1.29 is 31.9 Å². The highest BCUT2D eigenvalue weighted by Gasteiger charge is 2.51. The van der Waals surface area contributed by atoms with Gasteiger partial charge in [-0.2, -0.15) is 18.6 Å². The van der Waals surface area contributed by atoms with Crippen molar-refractivity contribution in [3.05, 3.63) is 17.5 Å². The Hall–Kier alpha value is -2.26. The lowest BCUT2D eigenvalue weighted by Crippen LogP contribution is -2.38. The lowest BCUT2D eigenvalue weighted by atomic mass is 9.98. The topological polar surface area (TPSA) is 194 Å². The fourth-order valence-electron chi connectivity index (χ4n) is 3.13. The number of carboxylic acids is 1. The first kappa shape index (κ1) is 18.5. The lowest BCUT2D eigenvalue weighted by Gasteiger charge is -2.28. The van der Waals surface area contributed by atoms with Gasteiger partial charge in [-0.1, -0.05) is 0 Å². The van der Waals surface area contributed by atoms with Crippen LogP contribution in [-0.4, -0.2) is 69.0 Å². The van der Waals surface area contributed by atoms with Crippen LogP contribution in [0.4, 0.5) is 4.79 Å². The standard InChI is InChI=1S/C12H18N6O7S/c13-3-8-10-6(4-16(15-10)2-1-7(14)11(19)20)9-5-17(8)12(21)18(9)25-26(22,23)24/h4,7-9H,1-3,5,13-14H2,(H,19,20)(H,22,23,24). The molecule has 3 rings (SSSR count). The number of hydroxylamine groups is 2. The maximum atomic E-state index is 12.4. The van der Waals surface area contributed by atoms with Gasteiger partial charge in [0.1, 0.15) is 12.1 Å². The van der Waals surface area contributed by atoms with E-state index in [1.807, 2.05) is 0 Å². The summed E-state index contributed by atoms with van der Waals surface area (Å²) in [6.07, 6.45) is 1.69. The second-order valence-electron chi connectivity index (χ2n) is 6.00. The Bertz CT molecular complexity index is 839. The number of amides is 2. The molecule has 1 aromatic heterocycles. The summed E-state index contributed by atoms with van der Waals surface area (Å²) in [4.78, 5) is 24.5. The quantitative estimate of drug-likeness (QED) is 0.386. The Labute approximate surface area is 148 Å². The van der Waals surface area contributed by atoms with Gasteiger partial charge in [-0.05, 0) is 6.42 Å². The Morgan fingerprint density at radius 2 is 2.19 bits per heavy atom. The van der Waals surface area contributed by atoms with Crippen LogP contribution in [0.2, 0.25) is 0 Å². The van der Waals surface area contributed by atoms with Crippen molar-refractivity contribution in [3.8, 4) is 0 Å². The van der Waals surface area contributed by atoms with Crippen molar-refractivity contribution in [1.82, 2.24) is 19.7 Å². The molecule has 6 N–H and O–H groups in total. The molecular formula is C12H18N6O7S. The van der Waals surface area contributed by atoms with Crippen molar-refractivity contribution in [3.63, 3.8) is 0 Å². The zero-order valence-electron chi connectivity index (χ0n) is 13.4. The summed E-state index contributed by atoms with van der Waals surface area (Å²) in [5.74, 6) is -1.13. The molecule has 1 aromatic rings. The number of aromatic nitrogens is 2. The molecule has 0 radical (unpaired) electrons. The largest absolute Gasteiger partial charge is 0.480 e. The number of rotatable bonds is 7. The number of hydrogen-bond donors (Lipinski definition) is 4. The van der Waals surface area contributed by atoms with Gasteiger partial charge < -0.3 is 21.5 Å². The number of nitrogens with two attached hydrogens (primary N) is 2. The number of fused-ring (bicyclic) bond motifs is 4. The van der Waals surface area contributed by atoms with Crippen LogP contribution < -0.4 is 11.5 Å². The van der Waals surface area contributed by atoms with Crippen molar-refractivity contribution in [2.75, 3.05) is 13.1 Å². The molecule has 2 aliphatic rings. The third kappa shape index (κ3) is 3.24. The first-order chi connectivity index (χ1) is 12.1. The normalized spacial score (nSPS) is 23.3. The van der Waals surface area contributed by atoms with Crippen molar-refractivity contribution in [2.24, 2.45) is 11.5 Å². The molecule has 0 saturated carbocycles. The average Bonchev–Trinajstić information content (AvgIpc) is 3.08. The minimum absolute atomic E-state index is 0.0385. The smallest absolute Gasteiger partial charge is 0.418 e. The molecule has 26 heavy (non-hydrogen) atoms. The fraction of sp³-hybridized carbons (Fsp3) is 0.583. The van der Waals surface area contributed by atoms with E-state index in [1.165, 1.54) is 9.58 Å². The number of urea groups is 1. The molecule has 14 heteroatoms. The molecule has 2 bridgehead atoms. The van der Waals surface area contributed by atoms with Gasteiger partial charge in [0.05, 0.1) is 18.3 Å². The van der Waals surface area contributed by atoms with E-state index in [-0.39, 0.29) is 26.1 Å². The Balaban J connectivity index is 1.90. The highest BCUT2D eigenvalue weighted by atomic mass is 32.3. The first-order valence-corrected chi connectivity index (χ1v) is 9.01. The summed E-state index contributed by atoms with van der Waals surface area (Å²) in [6.45, 7) is 0.359. The van der Waals surface area contributed by atoms with Crippen molar-refractivity contribution >= 4 is 22.4 Å². The maximum Gasteiger partial charge on any atom is 0.418 e. The molecular weight excluding hydrogens is 372 g/mol. The predicted octanol–water partition coefficient (Wildman–Crippen LogP) is -1.79. The SMILES string of the molecule is NCC1c2nn(CCC(N)C(=O)O)cc2C2CN1C(=O)N2OS(=O)(=O)O. The fourth-order valence-corrected chi connectivity index (χ4v) is 3.50. The minimum Gasteiger partial charge on any atom is -0.480 e. The number of hydrogen-bond acceptors (Lipinski definition) is 8. The van der Waals surface area contributed by atoms with Crippen LogP contribution in [0.1, 0.15) is 29.8 Å². The van der Waals surface area contributed by atoms with E-state index in [1.54, 1.807) is 6.20 Å². The molecule has 0 aromatic carbocycles. The van der Waals surface area contributed by atoms with Crippen LogP contribution >= 0.6 is 0 Å². The molecule has 0 spiro atoms. The molecule has 3 heterocycles. The molecule has 3 unspecified atom stereocenters. The van der Waals surface area contributed by atoms with E-state index in [9.17, 15) is 18.0 Å². The third-order valence-corrected chi connectivity index (χ3v) is 4.69. The minimum atomic E-state index is -4.89. The zero-order valence-corrected chi connectivity index (χ0v) is 14.2. The number of aliphatic carboxylic acids is 1. The molecule has 1 saturated heterocycles. The van der Waals surface area contributed by atoms with Gasteiger partial charge >= 0.3 is 22.4 Å². The van der Waals surface area contributed by atoms with Gasteiger partial charge in [0, 0.05) is 24.8 Å². The number of nitrogens with zero attached hydrogens (tertiary/aromatic N) is 4. The van der Waals surface area contributed by atoms with Gasteiger partial charge in [0.2, 0.25) is 0 Å². The number of carboxylic acid groups (broad SMARTS) is 1. The maximum absolute atomic E-state index is 12.4. The van der Waals surface area contributed by atoms with E-state index < -0.39 is 40.5 Å². The van der Waals surface area contributed by atoms with Crippen molar-refractivity contribution in [1.29, 1.82) is 0 Å². The molecule has 2 aliphatic heterocycles. The zero-order chi connectivity index (χ0) is 19.2. The van der Waals surface area contributed by atoms with Gasteiger partial charge in [0.15, 0.2) is 0 Å². The summed E-state index contributed by atoms with van der Waals surface area (Å²) in [5, 5.41) is 13.8. The van der Waals surface area contributed by atoms with E-state index in [0.29, 0.717) is 16.3 Å². The van der Waals surface area contributed by atoms with Gasteiger partial charge in [0.25, 0.3) is 0 Å². The van der Waals surface area contributed by atoms with Crippen LogP contribution in [-0.2, 0) is 26.0 Å². The van der Waals surface area contributed by atoms with E-state index in [4.69, 9.17) is 21.1 Å². The van der Waals surface area contributed by atoms with Gasteiger partial charge in [-0.3, -0.25) is 14.0 Å². The molecule has 2 amide bonds. The second-order valence-corrected chi connectivity index (χ2v) is 7.00. The summed E-state index contributed by atoms with van der Waals surface area (Å²) in [5.41, 5.74) is 12.2. The molecule has 13 nitrogen and oxygen atoms in total. The van der Waals surface area contributed by atoms with Crippen LogP contribution in [0, 0.1) is 0 Å². The van der Waals surface area contributed by atoms with Crippen LogP contribution in [0.25, 0.3) is 0 Å². The highest BCUT2D eigenvalue weighted by Crippen LogP contribution is 2.43. The van der Waals surface area contributed by atoms with E-state index >= 15 is 0 Å². The summed E-state index contributed by atoms with van der Waals surface area (Å²) < 4.78 is 36.9. The number of carbonyl (C=O) groups is 2. The van der Waals surface area contributed by atoms with Gasteiger partial charge in [-0.25, -0.2) is 4.79 Å². The van der Waals surface area contributed by atoms with Crippen LogP contribution in [0.5, 0.6) is 0 Å². The molecule has 0 aliphatic carbocycles. The highest BCUT2D eigenvalue weighted by molar-refractivity contribution is 7.80. The molecule has 1 fully saturated rings. The molecule has 144 valence electrons. The number of carbonyl (C=O) groups excluding carboxylic acids is 1. The average molecular weight is 390 g/mol. The predicted molar refractivity (Wildman–Crippen MR) is 83.6 cm³/mol. The van der Waals surface area contributed by atoms with E-state index in [0.717, 1.165) is 0 Å². The van der Waals surface area contributed by atoms with Crippen molar-refractivity contribution in [2.45, 2.75) is 31.1 Å². The Kier molecular flexibility index (Phi) is 4.61. The van der Waals surface area contributed by atoms with Gasteiger partial charge in [-0.15, -0.1) is 4.28 Å². The first-order valence-electron chi connectivity index (χ1n) is 7.65.